The van der Waals surface area contributed by atoms with E-state index in [9.17, 15) is 4.79 Å². The summed E-state index contributed by atoms with van der Waals surface area (Å²) < 4.78 is 5.89. The van der Waals surface area contributed by atoms with Gasteiger partial charge in [-0.15, -0.1) is 0 Å². The summed E-state index contributed by atoms with van der Waals surface area (Å²) in [7, 11) is 0. The van der Waals surface area contributed by atoms with Gasteiger partial charge in [0.15, 0.2) is 0 Å². The van der Waals surface area contributed by atoms with Crippen LogP contribution in [0.1, 0.15) is 32.1 Å². The standard InChI is InChI=1S/C12H20N2O3/c15-12(14-7-1-2-8-16-14)11-4-3-9-10(17-11)5-6-13-9/h9-11,13H,1-8H2/t9-,10-,11+/m1/s1. The van der Waals surface area contributed by atoms with Crippen LogP contribution in [0, 0.1) is 0 Å². The van der Waals surface area contributed by atoms with Crippen molar-refractivity contribution < 1.29 is 14.4 Å². The molecule has 3 saturated heterocycles. The van der Waals surface area contributed by atoms with Gasteiger partial charge >= 0.3 is 0 Å². The van der Waals surface area contributed by atoms with Crippen LogP contribution in [0.3, 0.4) is 0 Å². The number of amides is 1. The molecule has 0 radical (unpaired) electrons. The Kier molecular flexibility index (Phi) is 3.31. The van der Waals surface area contributed by atoms with Gasteiger partial charge in [0.25, 0.3) is 5.91 Å². The second kappa shape index (κ2) is 4.92. The molecule has 17 heavy (non-hydrogen) atoms. The lowest BCUT2D eigenvalue weighted by atomic mass is 9.99. The monoisotopic (exact) mass is 240 g/mol. The molecule has 0 aliphatic carbocycles. The largest absolute Gasteiger partial charge is 0.363 e. The summed E-state index contributed by atoms with van der Waals surface area (Å²) in [5, 5.41) is 4.93. The van der Waals surface area contributed by atoms with Crippen LogP contribution in [0.25, 0.3) is 0 Å². The average Bonchev–Trinajstić information content (AvgIpc) is 2.86. The molecule has 0 unspecified atom stereocenters. The second-order valence-electron chi connectivity index (χ2n) is 5.07. The van der Waals surface area contributed by atoms with E-state index < -0.39 is 0 Å². The van der Waals surface area contributed by atoms with Gasteiger partial charge in [-0.25, -0.2) is 5.06 Å². The summed E-state index contributed by atoms with van der Waals surface area (Å²) in [6.45, 7) is 2.38. The normalized spacial score (nSPS) is 37.9. The lowest BCUT2D eigenvalue weighted by Crippen LogP contribution is -2.49. The van der Waals surface area contributed by atoms with E-state index in [1.165, 1.54) is 5.06 Å². The van der Waals surface area contributed by atoms with Crippen LogP contribution >= 0.6 is 0 Å². The van der Waals surface area contributed by atoms with Gasteiger partial charge in [0.2, 0.25) is 0 Å². The maximum Gasteiger partial charge on any atom is 0.275 e. The number of carbonyl (C=O) groups excluding carboxylic acids is 1. The van der Waals surface area contributed by atoms with Crippen molar-refractivity contribution >= 4 is 5.91 Å². The highest BCUT2D eigenvalue weighted by Crippen LogP contribution is 2.26. The minimum atomic E-state index is -0.283. The SMILES string of the molecule is O=C([C@@H]1CC[C@H]2NCC[C@H]2O1)N1CCCCO1. The summed E-state index contributed by atoms with van der Waals surface area (Å²) in [5.41, 5.74) is 0. The van der Waals surface area contributed by atoms with E-state index >= 15 is 0 Å². The zero-order valence-electron chi connectivity index (χ0n) is 10.1. The van der Waals surface area contributed by atoms with E-state index in [-0.39, 0.29) is 18.1 Å². The Morgan fingerprint density at radius 1 is 1.24 bits per heavy atom. The lowest BCUT2D eigenvalue weighted by Gasteiger charge is -2.35. The molecule has 0 aromatic carbocycles. The molecule has 3 heterocycles. The molecule has 3 fully saturated rings. The van der Waals surface area contributed by atoms with Crippen molar-refractivity contribution in [1.82, 2.24) is 10.4 Å². The van der Waals surface area contributed by atoms with Gasteiger partial charge in [0.05, 0.1) is 12.7 Å². The zero-order chi connectivity index (χ0) is 11.7. The quantitative estimate of drug-likeness (QED) is 0.723. The van der Waals surface area contributed by atoms with E-state index in [0.717, 1.165) is 38.6 Å². The number of nitrogens with zero attached hydrogens (tertiary/aromatic N) is 1. The molecule has 1 N–H and O–H groups in total. The molecule has 1 amide bonds. The molecular formula is C12H20N2O3. The third kappa shape index (κ3) is 2.32. The van der Waals surface area contributed by atoms with Crippen LogP contribution in [0.2, 0.25) is 0 Å². The average molecular weight is 240 g/mol. The van der Waals surface area contributed by atoms with Crippen molar-refractivity contribution in [2.45, 2.75) is 50.4 Å². The number of hydrogen-bond acceptors (Lipinski definition) is 4. The highest BCUT2D eigenvalue weighted by Gasteiger charge is 2.39. The minimum Gasteiger partial charge on any atom is -0.363 e. The van der Waals surface area contributed by atoms with Crippen LogP contribution in [0.5, 0.6) is 0 Å². The number of hydrogen-bond donors (Lipinski definition) is 1. The maximum absolute atomic E-state index is 12.2. The van der Waals surface area contributed by atoms with E-state index in [2.05, 4.69) is 5.32 Å². The predicted molar refractivity (Wildman–Crippen MR) is 61.2 cm³/mol. The lowest BCUT2D eigenvalue weighted by molar-refractivity contribution is -0.212. The Labute approximate surface area is 101 Å². The Bertz CT molecular complexity index is 291. The zero-order valence-corrected chi connectivity index (χ0v) is 10.1. The van der Waals surface area contributed by atoms with E-state index in [0.29, 0.717) is 19.2 Å². The number of hydroxylamine groups is 2. The number of nitrogens with one attached hydrogen (secondary N) is 1. The Balaban J connectivity index is 1.58. The van der Waals surface area contributed by atoms with Crippen LogP contribution in [-0.4, -0.2) is 48.9 Å². The molecule has 3 aliphatic heterocycles. The summed E-state index contributed by atoms with van der Waals surface area (Å²) in [5.74, 6) is 0.0232. The third-order valence-corrected chi connectivity index (χ3v) is 3.89. The van der Waals surface area contributed by atoms with Crippen molar-refractivity contribution in [3.63, 3.8) is 0 Å². The first kappa shape index (κ1) is 11.4. The first-order valence-electron chi connectivity index (χ1n) is 6.68. The highest BCUT2D eigenvalue weighted by atomic mass is 16.7. The molecule has 0 bridgehead atoms. The van der Waals surface area contributed by atoms with Crippen molar-refractivity contribution in [1.29, 1.82) is 0 Å². The van der Waals surface area contributed by atoms with Crippen molar-refractivity contribution in [2.24, 2.45) is 0 Å². The molecule has 0 aromatic heterocycles. The van der Waals surface area contributed by atoms with Gasteiger partial charge in [-0.05, 0) is 38.6 Å². The van der Waals surface area contributed by atoms with E-state index in [1.54, 1.807) is 0 Å². The van der Waals surface area contributed by atoms with Gasteiger partial charge in [-0.3, -0.25) is 9.63 Å². The topological polar surface area (TPSA) is 50.8 Å². The second-order valence-corrected chi connectivity index (χ2v) is 5.07. The van der Waals surface area contributed by atoms with Gasteiger partial charge in [-0.2, -0.15) is 0 Å². The fourth-order valence-corrected chi connectivity index (χ4v) is 2.92. The third-order valence-electron chi connectivity index (χ3n) is 3.89. The summed E-state index contributed by atoms with van der Waals surface area (Å²) >= 11 is 0. The Morgan fingerprint density at radius 3 is 3.00 bits per heavy atom. The minimum absolute atomic E-state index is 0.0232. The smallest absolute Gasteiger partial charge is 0.275 e. The Hall–Kier alpha value is -0.650. The summed E-state index contributed by atoms with van der Waals surface area (Å²) in [6, 6.07) is 0.460. The highest BCUT2D eigenvalue weighted by molar-refractivity contribution is 5.80. The number of fused-ring (bicyclic) bond motifs is 1. The number of rotatable bonds is 1. The number of ether oxygens (including phenoxy) is 1. The predicted octanol–water partition coefficient (Wildman–Crippen LogP) is 0.450. The van der Waals surface area contributed by atoms with E-state index in [4.69, 9.17) is 9.57 Å². The van der Waals surface area contributed by atoms with Crippen molar-refractivity contribution in [3.05, 3.63) is 0 Å². The Morgan fingerprint density at radius 2 is 2.18 bits per heavy atom. The fraction of sp³-hybridized carbons (Fsp3) is 0.917. The van der Waals surface area contributed by atoms with Crippen LogP contribution in [-0.2, 0) is 14.4 Å². The van der Waals surface area contributed by atoms with Crippen LogP contribution in [0.15, 0.2) is 0 Å². The van der Waals surface area contributed by atoms with Gasteiger partial charge in [0.1, 0.15) is 6.10 Å². The van der Waals surface area contributed by atoms with Crippen molar-refractivity contribution in [2.75, 3.05) is 19.7 Å². The summed E-state index contributed by atoms with van der Waals surface area (Å²) in [6.07, 6.45) is 4.89. The molecule has 3 atom stereocenters. The van der Waals surface area contributed by atoms with Gasteiger partial charge in [0, 0.05) is 12.6 Å². The molecular weight excluding hydrogens is 220 g/mol. The van der Waals surface area contributed by atoms with Crippen LogP contribution in [0.4, 0.5) is 0 Å². The first-order chi connectivity index (χ1) is 8.34. The van der Waals surface area contributed by atoms with Crippen molar-refractivity contribution in [3.8, 4) is 0 Å². The first-order valence-corrected chi connectivity index (χ1v) is 6.68. The summed E-state index contributed by atoms with van der Waals surface area (Å²) in [4.78, 5) is 17.6. The molecule has 0 saturated carbocycles. The van der Waals surface area contributed by atoms with Gasteiger partial charge < -0.3 is 10.1 Å². The molecule has 3 aliphatic rings. The fourth-order valence-electron chi connectivity index (χ4n) is 2.92. The molecule has 5 nitrogen and oxygen atoms in total. The van der Waals surface area contributed by atoms with Gasteiger partial charge in [-0.1, -0.05) is 0 Å². The number of carbonyl (C=O) groups is 1. The molecule has 96 valence electrons. The van der Waals surface area contributed by atoms with E-state index in [1.807, 2.05) is 0 Å². The molecule has 3 rings (SSSR count). The molecule has 5 heteroatoms. The van der Waals surface area contributed by atoms with Crippen LogP contribution < -0.4 is 5.32 Å². The molecule has 0 aromatic rings. The molecule has 0 spiro atoms. The maximum atomic E-state index is 12.2.